The van der Waals surface area contributed by atoms with Crippen molar-refractivity contribution in [3.05, 3.63) is 49.9 Å². The van der Waals surface area contributed by atoms with Gasteiger partial charge in [0.1, 0.15) is 6.10 Å². The van der Waals surface area contributed by atoms with Gasteiger partial charge in [-0.3, -0.25) is 0 Å². The zero-order chi connectivity index (χ0) is 12.0. The van der Waals surface area contributed by atoms with E-state index >= 15 is 0 Å². The molecular formula is C13H10ClNOS. The van der Waals surface area contributed by atoms with Gasteiger partial charge in [0, 0.05) is 5.02 Å². The summed E-state index contributed by atoms with van der Waals surface area (Å²) in [6.07, 6.45) is 3.30. The quantitative estimate of drug-likeness (QED) is 0.787. The molecule has 0 saturated carbocycles. The molecule has 0 saturated heterocycles. The third-order valence-corrected chi connectivity index (χ3v) is 3.99. The number of fused-ring (bicyclic) bond motifs is 2. The van der Waals surface area contributed by atoms with Crippen molar-refractivity contribution in [3.63, 3.8) is 0 Å². The molecule has 1 heterocycles. The molecule has 1 atom stereocenters. The molecule has 2 aromatic rings. The highest BCUT2D eigenvalue weighted by molar-refractivity contribution is 7.12. The molecule has 0 aliphatic heterocycles. The van der Waals surface area contributed by atoms with Crippen LogP contribution in [0.5, 0.6) is 0 Å². The summed E-state index contributed by atoms with van der Waals surface area (Å²) < 4.78 is 0. The largest absolute Gasteiger partial charge is 0.382 e. The van der Waals surface area contributed by atoms with Gasteiger partial charge in [-0.15, -0.1) is 11.3 Å². The Morgan fingerprint density at radius 3 is 3.00 bits per heavy atom. The molecule has 1 aliphatic rings. The maximum Gasteiger partial charge on any atom is 0.123 e. The van der Waals surface area contributed by atoms with Gasteiger partial charge in [0.15, 0.2) is 0 Å². The Kier molecular flexibility index (Phi) is 2.54. The summed E-state index contributed by atoms with van der Waals surface area (Å²) in [5.74, 6) is 0. The topological polar surface area (TPSA) is 33.1 Å². The maximum absolute atomic E-state index is 10.4. The third-order valence-electron chi connectivity index (χ3n) is 2.80. The average molecular weight is 264 g/mol. The van der Waals surface area contributed by atoms with Crippen LogP contribution < -0.4 is 0 Å². The Bertz CT molecular complexity index is 618. The van der Waals surface area contributed by atoms with E-state index in [9.17, 15) is 5.11 Å². The molecule has 1 aliphatic carbocycles. The Labute approximate surface area is 108 Å². The van der Waals surface area contributed by atoms with Crippen molar-refractivity contribution >= 4 is 35.1 Å². The van der Waals surface area contributed by atoms with Gasteiger partial charge in [-0.25, -0.2) is 4.98 Å². The molecule has 0 amide bonds. The molecule has 1 aromatic carbocycles. The molecule has 17 heavy (non-hydrogen) atoms. The fourth-order valence-electron chi connectivity index (χ4n) is 2.03. The monoisotopic (exact) mass is 263 g/mol. The van der Waals surface area contributed by atoms with Crippen LogP contribution in [0.2, 0.25) is 5.02 Å². The van der Waals surface area contributed by atoms with Gasteiger partial charge >= 0.3 is 0 Å². The number of nitrogens with zero attached hydrogens (tertiary/aromatic N) is 1. The number of benzene rings is 1. The molecule has 1 aromatic heterocycles. The van der Waals surface area contributed by atoms with Crippen molar-refractivity contribution in [1.82, 2.24) is 4.98 Å². The number of hydrogen-bond acceptors (Lipinski definition) is 3. The zero-order valence-electron chi connectivity index (χ0n) is 9.14. The molecule has 0 spiro atoms. The van der Waals surface area contributed by atoms with E-state index in [1.807, 2.05) is 31.2 Å². The van der Waals surface area contributed by atoms with E-state index in [0.717, 1.165) is 26.7 Å². The second-order valence-corrected chi connectivity index (χ2v) is 5.66. The highest BCUT2D eigenvalue weighted by atomic mass is 35.5. The summed E-state index contributed by atoms with van der Waals surface area (Å²) >= 11 is 7.55. The minimum Gasteiger partial charge on any atom is -0.382 e. The van der Waals surface area contributed by atoms with Gasteiger partial charge < -0.3 is 5.11 Å². The molecule has 4 heteroatoms. The van der Waals surface area contributed by atoms with Crippen LogP contribution in [-0.4, -0.2) is 10.1 Å². The molecule has 0 bridgehead atoms. The number of aromatic nitrogens is 1. The minimum absolute atomic E-state index is 0.669. The first-order valence-corrected chi connectivity index (χ1v) is 6.47. The lowest BCUT2D eigenvalue weighted by Gasteiger charge is -2.11. The Morgan fingerprint density at radius 1 is 1.35 bits per heavy atom. The van der Waals surface area contributed by atoms with Crippen LogP contribution >= 0.6 is 22.9 Å². The number of aliphatic hydroxyl groups excluding tert-OH is 1. The summed E-state index contributed by atoms with van der Waals surface area (Å²) in [6, 6.07) is 5.51. The number of thiazole rings is 1. The molecule has 86 valence electrons. The van der Waals surface area contributed by atoms with Gasteiger partial charge in [0.2, 0.25) is 0 Å². The normalized spacial score (nSPS) is 17.5. The van der Waals surface area contributed by atoms with E-state index in [0.29, 0.717) is 5.02 Å². The first kappa shape index (κ1) is 11.0. The Hall–Kier alpha value is -1.16. The second kappa shape index (κ2) is 3.95. The second-order valence-electron chi connectivity index (χ2n) is 3.99. The van der Waals surface area contributed by atoms with Crippen LogP contribution in [0.3, 0.4) is 0 Å². The number of halogens is 1. The number of hydrogen-bond donors (Lipinski definition) is 1. The Balaban J connectivity index is 2.23. The number of aryl methyl sites for hydroxylation is 1. The summed E-state index contributed by atoms with van der Waals surface area (Å²) in [5, 5.41) is 12.0. The van der Waals surface area contributed by atoms with Crippen molar-refractivity contribution in [1.29, 1.82) is 0 Å². The average Bonchev–Trinajstić information content (AvgIpc) is 2.62. The van der Waals surface area contributed by atoms with Crippen LogP contribution in [-0.2, 0) is 0 Å². The van der Waals surface area contributed by atoms with Gasteiger partial charge in [-0.2, -0.15) is 0 Å². The first-order chi connectivity index (χ1) is 8.15. The fourth-order valence-corrected chi connectivity index (χ4v) is 3.07. The van der Waals surface area contributed by atoms with Crippen molar-refractivity contribution in [3.8, 4) is 0 Å². The minimum atomic E-state index is -0.669. The van der Waals surface area contributed by atoms with Gasteiger partial charge in [0.25, 0.3) is 0 Å². The van der Waals surface area contributed by atoms with Crippen molar-refractivity contribution < 1.29 is 5.11 Å². The predicted molar refractivity (Wildman–Crippen MR) is 71.3 cm³/mol. The van der Waals surface area contributed by atoms with Crippen LogP contribution in [0.25, 0.3) is 12.2 Å². The molecule has 1 N–H and O–H groups in total. The Morgan fingerprint density at radius 2 is 2.18 bits per heavy atom. The fraction of sp³-hybridized carbons (Fsp3) is 0.154. The lowest BCUT2D eigenvalue weighted by Crippen LogP contribution is -2.02. The van der Waals surface area contributed by atoms with E-state index in [4.69, 9.17) is 11.6 Å². The SMILES string of the molecule is Cc1nc2c(s1)C=Cc1cc(Cl)ccc1C2O. The smallest absolute Gasteiger partial charge is 0.123 e. The first-order valence-electron chi connectivity index (χ1n) is 5.28. The molecule has 0 radical (unpaired) electrons. The predicted octanol–water partition coefficient (Wildman–Crippen LogP) is 3.67. The summed E-state index contributed by atoms with van der Waals surface area (Å²) in [7, 11) is 0. The van der Waals surface area contributed by atoms with Crippen LogP contribution in [0, 0.1) is 6.92 Å². The van der Waals surface area contributed by atoms with Gasteiger partial charge in [-0.05, 0) is 36.3 Å². The van der Waals surface area contributed by atoms with Crippen LogP contribution in [0.1, 0.15) is 32.8 Å². The summed E-state index contributed by atoms with van der Waals surface area (Å²) in [5.41, 5.74) is 2.55. The van der Waals surface area contributed by atoms with Crippen LogP contribution in [0.4, 0.5) is 0 Å². The molecule has 1 unspecified atom stereocenters. The molecule has 0 fully saturated rings. The lowest BCUT2D eigenvalue weighted by atomic mass is 10.0. The van der Waals surface area contributed by atoms with Crippen LogP contribution in [0.15, 0.2) is 18.2 Å². The lowest BCUT2D eigenvalue weighted by molar-refractivity contribution is 0.216. The van der Waals surface area contributed by atoms with Crippen molar-refractivity contribution in [2.75, 3.05) is 0 Å². The molecular weight excluding hydrogens is 254 g/mol. The van der Waals surface area contributed by atoms with E-state index in [1.54, 1.807) is 17.4 Å². The summed E-state index contributed by atoms with van der Waals surface area (Å²) in [6.45, 7) is 1.95. The van der Waals surface area contributed by atoms with Gasteiger partial charge in [0.05, 0.1) is 15.6 Å². The van der Waals surface area contributed by atoms with E-state index < -0.39 is 6.10 Å². The third kappa shape index (κ3) is 1.80. The van der Waals surface area contributed by atoms with Crippen molar-refractivity contribution in [2.24, 2.45) is 0 Å². The zero-order valence-corrected chi connectivity index (χ0v) is 10.7. The van der Waals surface area contributed by atoms with E-state index in [2.05, 4.69) is 4.98 Å². The highest BCUT2D eigenvalue weighted by Gasteiger charge is 2.22. The number of rotatable bonds is 0. The summed E-state index contributed by atoms with van der Waals surface area (Å²) in [4.78, 5) is 5.41. The molecule has 3 rings (SSSR count). The van der Waals surface area contributed by atoms with Gasteiger partial charge in [-0.1, -0.05) is 23.7 Å². The standard InChI is InChI=1S/C13H10ClNOS/c1-7-15-12-11(17-7)5-2-8-6-9(14)3-4-10(8)13(12)16/h2-6,13,16H,1H3. The van der Waals surface area contributed by atoms with Crippen molar-refractivity contribution in [2.45, 2.75) is 13.0 Å². The maximum atomic E-state index is 10.4. The number of aliphatic hydroxyl groups is 1. The molecule has 2 nitrogen and oxygen atoms in total. The van der Waals surface area contributed by atoms with E-state index in [-0.39, 0.29) is 0 Å². The van der Waals surface area contributed by atoms with E-state index in [1.165, 1.54) is 0 Å². The highest BCUT2D eigenvalue weighted by Crippen LogP contribution is 2.35.